The van der Waals surface area contributed by atoms with Gasteiger partial charge in [-0.3, -0.25) is 4.90 Å². The van der Waals surface area contributed by atoms with Crippen molar-refractivity contribution in [1.82, 2.24) is 9.21 Å². The molecular formula is C20H25BrN2O4S. The van der Waals surface area contributed by atoms with Crippen LogP contribution in [0.15, 0.2) is 51.8 Å². The van der Waals surface area contributed by atoms with Crippen molar-refractivity contribution in [1.29, 1.82) is 0 Å². The van der Waals surface area contributed by atoms with Gasteiger partial charge in [-0.25, -0.2) is 8.42 Å². The maximum absolute atomic E-state index is 12.9. The molecule has 0 aromatic heterocycles. The Morgan fingerprint density at radius 1 is 1.14 bits per heavy atom. The average Bonchev–Trinajstić information content (AvgIpc) is 2.69. The SMILES string of the molecule is COc1ccc(Br)cc1CN(C)Cc1cccc(S(=O)(=O)N2CCOCC2)c1. The van der Waals surface area contributed by atoms with E-state index in [0.717, 1.165) is 21.3 Å². The molecule has 3 rings (SSSR count). The predicted octanol–water partition coefficient (Wildman–Crippen LogP) is 3.11. The number of nitrogens with zero attached hydrogens (tertiary/aromatic N) is 2. The number of hydrogen-bond acceptors (Lipinski definition) is 5. The number of benzene rings is 2. The lowest BCUT2D eigenvalue weighted by atomic mass is 10.1. The van der Waals surface area contributed by atoms with Crippen LogP contribution in [0.5, 0.6) is 5.75 Å². The fraction of sp³-hybridized carbons (Fsp3) is 0.400. The van der Waals surface area contributed by atoms with Crippen molar-refractivity contribution in [3.8, 4) is 5.75 Å². The molecule has 8 heteroatoms. The van der Waals surface area contributed by atoms with E-state index in [1.165, 1.54) is 4.31 Å². The fourth-order valence-corrected chi connectivity index (χ4v) is 5.16. The number of methoxy groups -OCH3 is 1. The van der Waals surface area contributed by atoms with E-state index in [4.69, 9.17) is 9.47 Å². The molecule has 0 saturated carbocycles. The molecule has 0 bridgehead atoms. The van der Waals surface area contributed by atoms with Crippen molar-refractivity contribution in [3.63, 3.8) is 0 Å². The van der Waals surface area contributed by atoms with Crippen molar-refractivity contribution in [2.75, 3.05) is 40.5 Å². The molecule has 2 aromatic carbocycles. The lowest BCUT2D eigenvalue weighted by Gasteiger charge is -2.26. The minimum absolute atomic E-state index is 0.334. The van der Waals surface area contributed by atoms with E-state index in [2.05, 4.69) is 20.8 Å². The molecular weight excluding hydrogens is 444 g/mol. The van der Waals surface area contributed by atoms with Crippen LogP contribution < -0.4 is 4.74 Å². The second kappa shape index (κ2) is 9.37. The van der Waals surface area contributed by atoms with Gasteiger partial charge in [0.05, 0.1) is 25.2 Å². The Labute approximate surface area is 175 Å². The highest BCUT2D eigenvalue weighted by Gasteiger charge is 2.26. The Bertz CT molecular complexity index is 914. The van der Waals surface area contributed by atoms with Crippen LogP contribution in [0.2, 0.25) is 0 Å². The molecule has 152 valence electrons. The quantitative estimate of drug-likeness (QED) is 0.624. The van der Waals surface area contributed by atoms with E-state index in [9.17, 15) is 8.42 Å². The number of ether oxygens (including phenoxy) is 2. The average molecular weight is 469 g/mol. The van der Waals surface area contributed by atoms with Gasteiger partial charge in [-0.15, -0.1) is 0 Å². The minimum Gasteiger partial charge on any atom is -0.496 e. The van der Waals surface area contributed by atoms with E-state index in [1.54, 1.807) is 25.3 Å². The second-order valence-electron chi connectivity index (χ2n) is 6.79. The molecule has 0 aliphatic carbocycles. The zero-order valence-corrected chi connectivity index (χ0v) is 18.5. The van der Waals surface area contributed by atoms with Gasteiger partial charge >= 0.3 is 0 Å². The Morgan fingerprint density at radius 3 is 2.61 bits per heavy atom. The molecule has 0 radical (unpaired) electrons. The summed E-state index contributed by atoms with van der Waals surface area (Å²) in [5, 5.41) is 0. The maximum atomic E-state index is 12.9. The largest absolute Gasteiger partial charge is 0.496 e. The van der Waals surface area contributed by atoms with Crippen LogP contribution in [0.25, 0.3) is 0 Å². The summed E-state index contributed by atoms with van der Waals surface area (Å²) in [5.74, 6) is 0.832. The van der Waals surface area contributed by atoms with Gasteiger partial charge in [0.1, 0.15) is 5.75 Å². The number of halogens is 1. The number of morpholine rings is 1. The zero-order valence-electron chi connectivity index (χ0n) is 16.1. The van der Waals surface area contributed by atoms with Crippen molar-refractivity contribution >= 4 is 26.0 Å². The van der Waals surface area contributed by atoms with Crippen LogP contribution in [0.1, 0.15) is 11.1 Å². The van der Waals surface area contributed by atoms with Crippen LogP contribution in [-0.4, -0.2) is 58.1 Å². The third-order valence-electron chi connectivity index (χ3n) is 4.64. The molecule has 6 nitrogen and oxygen atoms in total. The van der Waals surface area contributed by atoms with Crippen LogP contribution in [0.3, 0.4) is 0 Å². The monoisotopic (exact) mass is 468 g/mol. The van der Waals surface area contributed by atoms with Crippen molar-refractivity contribution < 1.29 is 17.9 Å². The third kappa shape index (κ3) is 5.12. The van der Waals surface area contributed by atoms with Gasteiger partial charge in [-0.1, -0.05) is 28.1 Å². The van der Waals surface area contributed by atoms with Gasteiger partial charge in [0, 0.05) is 36.2 Å². The normalized spacial score (nSPS) is 15.7. The van der Waals surface area contributed by atoms with Crippen LogP contribution >= 0.6 is 15.9 Å². The highest BCUT2D eigenvalue weighted by molar-refractivity contribution is 9.10. The molecule has 0 amide bonds. The molecule has 1 heterocycles. The first-order valence-corrected chi connectivity index (χ1v) is 11.3. The molecule has 1 fully saturated rings. The first-order valence-electron chi connectivity index (χ1n) is 9.08. The first-order chi connectivity index (χ1) is 13.4. The Balaban J connectivity index is 1.73. The summed E-state index contributed by atoms with van der Waals surface area (Å²) in [6.45, 7) is 2.99. The van der Waals surface area contributed by atoms with Crippen LogP contribution in [0.4, 0.5) is 0 Å². The van der Waals surface area contributed by atoms with E-state index >= 15 is 0 Å². The molecule has 0 N–H and O–H groups in total. The number of rotatable bonds is 7. The van der Waals surface area contributed by atoms with Gasteiger partial charge in [0.15, 0.2) is 0 Å². The molecule has 1 saturated heterocycles. The summed E-state index contributed by atoms with van der Waals surface area (Å²) in [4.78, 5) is 2.46. The summed E-state index contributed by atoms with van der Waals surface area (Å²) in [6, 6.07) is 13.1. The van der Waals surface area contributed by atoms with Crippen molar-refractivity contribution in [2.24, 2.45) is 0 Å². The summed E-state index contributed by atoms with van der Waals surface area (Å²) < 4.78 is 38.9. The van der Waals surface area contributed by atoms with Crippen molar-refractivity contribution in [2.45, 2.75) is 18.0 Å². The highest BCUT2D eigenvalue weighted by Crippen LogP contribution is 2.25. The Hall–Kier alpha value is -1.45. The Morgan fingerprint density at radius 2 is 1.89 bits per heavy atom. The molecule has 0 atom stereocenters. The smallest absolute Gasteiger partial charge is 0.243 e. The van der Waals surface area contributed by atoms with E-state index in [0.29, 0.717) is 44.3 Å². The third-order valence-corrected chi connectivity index (χ3v) is 7.03. The highest BCUT2D eigenvalue weighted by atomic mass is 79.9. The first kappa shape index (κ1) is 21.3. The fourth-order valence-electron chi connectivity index (χ4n) is 3.27. The topological polar surface area (TPSA) is 59.1 Å². The standard InChI is InChI=1S/C20H25BrN2O4S/c1-22(15-17-13-18(21)6-7-20(17)26-2)14-16-4-3-5-19(12-16)28(24,25)23-8-10-27-11-9-23/h3-7,12-13H,8-11,14-15H2,1-2H3. The van der Waals surface area contributed by atoms with Crippen LogP contribution in [-0.2, 0) is 27.8 Å². The van der Waals surface area contributed by atoms with Gasteiger partial charge in [-0.2, -0.15) is 4.31 Å². The van der Waals surface area contributed by atoms with Gasteiger partial charge < -0.3 is 9.47 Å². The van der Waals surface area contributed by atoms with Gasteiger partial charge in [-0.05, 0) is 42.9 Å². The lowest BCUT2D eigenvalue weighted by Crippen LogP contribution is -2.40. The number of hydrogen-bond donors (Lipinski definition) is 0. The molecule has 2 aromatic rings. The van der Waals surface area contributed by atoms with E-state index < -0.39 is 10.0 Å². The molecule has 0 unspecified atom stereocenters. The van der Waals surface area contributed by atoms with Gasteiger partial charge in [0.25, 0.3) is 0 Å². The molecule has 28 heavy (non-hydrogen) atoms. The number of sulfonamides is 1. The van der Waals surface area contributed by atoms with Gasteiger partial charge in [0.2, 0.25) is 10.0 Å². The van der Waals surface area contributed by atoms with E-state index in [-0.39, 0.29) is 0 Å². The predicted molar refractivity (Wildman–Crippen MR) is 112 cm³/mol. The maximum Gasteiger partial charge on any atom is 0.243 e. The second-order valence-corrected chi connectivity index (χ2v) is 9.65. The summed E-state index contributed by atoms with van der Waals surface area (Å²) >= 11 is 3.50. The van der Waals surface area contributed by atoms with E-state index in [1.807, 2.05) is 31.3 Å². The van der Waals surface area contributed by atoms with Crippen molar-refractivity contribution in [3.05, 3.63) is 58.1 Å². The zero-order chi connectivity index (χ0) is 20.1. The molecule has 1 aliphatic heterocycles. The summed E-state index contributed by atoms with van der Waals surface area (Å²) in [6.07, 6.45) is 0. The Kier molecular flexibility index (Phi) is 7.11. The molecule has 0 spiro atoms. The van der Waals surface area contributed by atoms with Crippen LogP contribution in [0, 0.1) is 0 Å². The minimum atomic E-state index is -3.49. The lowest BCUT2D eigenvalue weighted by molar-refractivity contribution is 0.0730. The summed E-state index contributed by atoms with van der Waals surface area (Å²) in [5.41, 5.74) is 2.02. The molecule has 1 aliphatic rings. The summed E-state index contributed by atoms with van der Waals surface area (Å²) in [7, 11) is 0.176.